The van der Waals surface area contributed by atoms with Crippen LogP contribution in [0.1, 0.15) is 26.2 Å². The number of rotatable bonds is 6. The van der Waals surface area contributed by atoms with Crippen molar-refractivity contribution in [3.63, 3.8) is 0 Å². The minimum absolute atomic E-state index is 0.0303. The minimum atomic E-state index is -0.0525. The number of nitrogens with zero attached hydrogens (tertiary/aromatic N) is 1. The third kappa shape index (κ3) is 4.97. The topological polar surface area (TPSA) is 92.4 Å². The van der Waals surface area contributed by atoms with Gasteiger partial charge in [0.05, 0.1) is 23.4 Å². The molecule has 0 bridgehead atoms. The Kier molecular flexibility index (Phi) is 5.95. The van der Waals surface area contributed by atoms with Gasteiger partial charge in [0, 0.05) is 31.1 Å². The van der Waals surface area contributed by atoms with Crippen LogP contribution < -0.4 is 16.0 Å². The van der Waals surface area contributed by atoms with Gasteiger partial charge in [0.25, 0.3) is 0 Å². The molecule has 1 aliphatic rings. The third-order valence-corrected chi connectivity index (χ3v) is 4.76. The molecule has 3 rings (SSSR count). The van der Waals surface area contributed by atoms with Crippen molar-refractivity contribution in [3.05, 3.63) is 18.2 Å². The van der Waals surface area contributed by atoms with Crippen LogP contribution >= 0.6 is 11.3 Å². The lowest BCUT2D eigenvalue weighted by molar-refractivity contribution is -0.117. The number of carbonyl (C=O) groups is 2. The number of carbonyl (C=O) groups excluding carboxylic acids is 2. The first-order chi connectivity index (χ1) is 12.1. The van der Waals surface area contributed by atoms with Gasteiger partial charge in [-0.25, -0.2) is 4.98 Å². The molecule has 2 amide bonds. The van der Waals surface area contributed by atoms with Crippen molar-refractivity contribution in [3.8, 4) is 0 Å². The van der Waals surface area contributed by atoms with Crippen LogP contribution in [0.3, 0.4) is 0 Å². The van der Waals surface area contributed by atoms with E-state index in [0.717, 1.165) is 28.9 Å². The van der Waals surface area contributed by atoms with E-state index in [0.29, 0.717) is 31.2 Å². The fourth-order valence-electron chi connectivity index (χ4n) is 2.65. The van der Waals surface area contributed by atoms with Crippen LogP contribution in [-0.2, 0) is 14.3 Å². The van der Waals surface area contributed by atoms with E-state index in [1.54, 1.807) is 0 Å². The van der Waals surface area contributed by atoms with Gasteiger partial charge >= 0.3 is 0 Å². The van der Waals surface area contributed by atoms with Crippen LogP contribution in [0.5, 0.6) is 0 Å². The quantitative estimate of drug-likeness (QED) is 0.734. The molecule has 2 heterocycles. The lowest BCUT2D eigenvalue weighted by Gasteiger charge is -2.23. The Balaban J connectivity index is 1.62. The molecule has 1 aromatic carbocycles. The first kappa shape index (κ1) is 17.8. The monoisotopic (exact) mass is 362 g/mol. The summed E-state index contributed by atoms with van der Waals surface area (Å²) >= 11 is 1.40. The summed E-state index contributed by atoms with van der Waals surface area (Å²) in [5.41, 5.74) is 1.53. The molecule has 1 unspecified atom stereocenters. The molecule has 1 aliphatic heterocycles. The molecule has 25 heavy (non-hydrogen) atoms. The smallest absolute Gasteiger partial charge is 0.226 e. The molecule has 1 aromatic heterocycles. The molecule has 0 radical (unpaired) electrons. The molecule has 3 N–H and O–H groups in total. The Bertz CT molecular complexity index is 755. The Morgan fingerprint density at radius 1 is 1.36 bits per heavy atom. The molecule has 0 saturated carbocycles. The summed E-state index contributed by atoms with van der Waals surface area (Å²) in [6.45, 7) is 3.98. The summed E-state index contributed by atoms with van der Waals surface area (Å²) in [6.07, 6.45) is 1.66. The van der Waals surface area contributed by atoms with Gasteiger partial charge in [0.15, 0.2) is 5.13 Å². The standard InChI is InChI=1S/C17H22N4O3S/c1-2-3-15(22)21-17-20-13-5-4-11(8-14(13)25-17)19-16(23)9-12-10-24-7-6-18-12/h4-5,8,12,18H,2-3,6-7,9-10H2,1H3,(H,19,23)(H,20,21,22). The van der Waals surface area contributed by atoms with Gasteiger partial charge in [-0.1, -0.05) is 18.3 Å². The number of hydrogen-bond donors (Lipinski definition) is 3. The van der Waals surface area contributed by atoms with Crippen LogP contribution in [0.2, 0.25) is 0 Å². The number of morpholine rings is 1. The van der Waals surface area contributed by atoms with Crippen molar-refractivity contribution in [2.45, 2.75) is 32.2 Å². The van der Waals surface area contributed by atoms with Crippen molar-refractivity contribution in [1.82, 2.24) is 10.3 Å². The molecule has 1 atom stereocenters. The summed E-state index contributed by atoms with van der Waals surface area (Å²) in [7, 11) is 0. The zero-order valence-electron chi connectivity index (χ0n) is 14.1. The molecule has 2 aromatic rings. The highest BCUT2D eigenvalue weighted by Gasteiger charge is 2.17. The lowest BCUT2D eigenvalue weighted by atomic mass is 10.2. The first-order valence-corrected chi connectivity index (χ1v) is 9.27. The zero-order valence-corrected chi connectivity index (χ0v) is 14.9. The summed E-state index contributed by atoms with van der Waals surface area (Å²) in [5, 5.41) is 9.56. The number of thiazole rings is 1. The van der Waals surface area contributed by atoms with Gasteiger partial charge < -0.3 is 20.7 Å². The number of ether oxygens (including phenoxy) is 1. The summed E-state index contributed by atoms with van der Waals surface area (Å²) < 4.78 is 6.28. The molecule has 1 saturated heterocycles. The fourth-order valence-corrected chi connectivity index (χ4v) is 3.57. The maximum Gasteiger partial charge on any atom is 0.226 e. The molecule has 1 fully saturated rings. The number of fused-ring (bicyclic) bond motifs is 1. The molecule has 7 nitrogen and oxygen atoms in total. The molecule has 0 aliphatic carbocycles. The summed E-state index contributed by atoms with van der Waals surface area (Å²) in [4.78, 5) is 28.2. The second kappa shape index (κ2) is 8.37. The SMILES string of the molecule is CCCC(=O)Nc1nc2ccc(NC(=O)CC3COCCN3)cc2s1. The van der Waals surface area contributed by atoms with Crippen molar-refractivity contribution in [2.75, 3.05) is 30.4 Å². The van der Waals surface area contributed by atoms with Crippen LogP contribution in [0.4, 0.5) is 10.8 Å². The predicted molar refractivity (Wildman–Crippen MR) is 99.0 cm³/mol. The Morgan fingerprint density at radius 3 is 3.00 bits per heavy atom. The zero-order chi connectivity index (χ0) is 17.6. The first-order valence-electron chi connectivity index (χ1n) is 8.45. The van der Waals surface area contributed by atoms with Crippen LogP contribution in [-0.4, -0.2) is 42.6 Å². The van der Waals surface area contributed by atoms with Crippen LogP contribution in [0.15, 0.2) is 18.2 Å². The number of benzene rings is 1. The van der Waals surface area contributed by atoms with Crippen molar-refractivity contribution < 1.29 is 14.3 Å². The highest BCUT2D eigenvalue weighted by molar-refractivity contribution is 7.22. The predicted octanol–water partition coefficient (Wildman–Crippen LogP) is 2.35. The molecular weight excluding hydrogens is 340 g/mol. The highest BCUT2D eigenvalue weighted by atomic mass is 32.1. The molecular formula is C17H22N4O3S. The number of hydrogen-bond acceptors (Lipinski definition) is 6. The second-order valence-electron chi connectivity index (χ2n) is 5.98. The number of aromatic nitrogens is 1. The van der Waals surface area contributed by atoms with E-state index >= 15 is 0 Å². The van der Waals surface area contributed by atoms with E-state index in [1.165, 1.54) is 11.3 Å². The average molecular weight is 362 g/mol. The highest BCUT2D eigenvalue weighted by Crippen LogP contribution is 2.28. The maximum atomic E-state index is 12.2. The van der Waals surface area contributed by atoms with E-state index in [9.17, 15) is 9.59 Å². The number of anilines is 2. The molecule has 0 spiro atoms. The minimum Gasteiger partial charge on any atom is -0.378 e. The van der Waals surface area contributed by atoms with Crippen LogP contribution in [0, 0.1) is 0 Å². The van der Waals surface area contributed by atoms with Gasteiger partial charge in [-0.15, -0.1) is 0 Å². The lowest BCUT2D eigenvalue weighted by Crippen LogP contribution is -2.43. The van der Waals surface area contributed by atoms with E-state index < -0.39 is 0 Å². The van der Waals surface area contributed by atoms with Gasteiger partial charge in [-0.05, 0) is 24.6 Å². The van der Waals surface area contributed by atoms with E-state index in [2.05, 4.69) is 20.9 Å². The van der Waals surface area contributed by atoms with E-state index in [-0.39, 0.29) is 17.9 Å². The van der Waals surface area contributed by atoms with Crippen molar-refractivity contribution >= 4 is 44.2 Å². The summed E-state index contributed by atoms with van der Waals surface area (Å²) in [5.74, 6) is -0.0828. The molecule has 8 heteroatoms. The number of nitrogens with one attached hydrogen (secondary N) is 3. The van der Waals surface area contributed by atoms with Gasteiger partial charge in [-0.3, -0.25) is 9.59 Å². The van der Waals surface area contributed by atoms with Crippen molar-refractivity contribution in [2.24, 2.45) is 0 Å². The Morgan fingerprint density at radius 2 is 2.24 bits per heavy atom. The fraction of sp³-hybridized carbons (Fsp3) is 0.471. The van der Waals surface area contributed by atoms with Gasteiger partial charge in [0.1, 0.15) is 0 Å². The average Bonchev–Trinajstić information content (AvgIpc) is 2.97. The van der Waals surface area contributed by atoms with Crippen LogP contribution in [0.25, 0.3) is 10.2 Å². The van der Waals surface area contributed by atoms with Crippen molar-refractivity contribution in [1.29, 1.82) is 0 Å². The Labute approximate surface area is 150 Å². The second-order valence-corrected chi connectivity index (χ2v) is 7.01. The normalized spacial score (nSPS) is 17.4. The maximum absolute atomic E-state index is 12.2. The molecule has 134 valence electrons. The number of amides is 2. The summed E-state index contributed by atoms with van der Waals surface area (Å²) in [6, 6.07) is 5.60. The largest absolute Gasteiger partial charge is 0.378 e. The van der Waals surface area contributed by atoms with E-state index in [1.807, 2.05) is 25.1 Å². The third-order valence-electron chi connectivity index (χ3n) is 3.83. The Hall–Kier alpha value is -2.03. The van der Waals surface area contributed by atoms with E-state index in [4.69, 9.17) is 4.74 Å². The van der Waals surface area contributed by atoms with Gasteiger partial charge in [-0.2, -0.15) is 0 Å². The van der Waals surface area contributed by atoms with Gasteiger partial charge in [0.2, 0.25) is 11.8 Å².